The van der Waals surface area contributed by atoms with Gasteiger partial charge in [0.15, 0.2) is 5.78 Å². The molecule has 1 rings (SSSR count). The summed E-state index contributed by atoms with van der Waals surface area (Å²) >= 11 is 0. The van der Waals surface area contributed by atoms with Gasteiger partial charge in [-0.05, 0) is 12.8 Å². The molecule has 0 aliphatic carbocycles. The maximum absolute atomic E-state index is 11.7. The second-order valence-corrected chi connectivity index (χ2v) is 3.78. The van der Waals surface area contributed by atoms with E-state index in [1.54, 1.807) is 0 Å². The number of phenols is 3. The quantitative estimate of drug-likeness (QED) is 0.542. The number of hydrogen-bond donors (Lipinski definition) is 3. The number of allylic oxidation sites excluding steroid dienone is 1. The van der Waals surface area contributed by atoms with Gasteiger partial charge in [0.05, 0.1) is 0 Å². The van der Waals surface area contributed by atoms with Gasteiger partial charge in [-0.3, -0.25) is 4.79 Å². The number of Topliss-reactive ketones (excluding diaryl/α,β-unsaturated/α-hetero) is 1. The van der Waals surface area contributed by atoms with Gasteiger partial charge in [-0.1, -0.05) is 13.0 Å². The number of phenolic OH excluding ortho intramolecular Hbond substituents is 3. The van der Waals surface area contributed by atoms with E-state index in [0.29, 0.717) is 6.42 Å². The minimum atomic E-state index is -0.397. The van der Waals surface area contributed by atoms with Gasteiger partial charge < -0.3 is 15.3 Å². The molecule has 4 heteroatoms. The molecule has 17 heavy (non-hydrogen) atoms. The van der Waals surface area contributed by atoms with Gasteiger partial charge in [-0.25, -0.2) is 0 Å². The lowest BCUT2D eigenvalue weighted by Crippen LogP contribution is -2.01. The van der Waals surface area contributed by atoms with E-state index in [1.807, 2.05) is 6.92 Å². The molecule has 0 heterocycles. The highest BCUT2D eigenvalue weighted by Gasteiger charge is 2.21. The lowest BCUT2D eigenvalue weighted by Gasteiger charge is -2.11. The molecule has 0 atom stereocenters. The molecule has 0 aliphatic rings. The van der Waals surface area contributed by atoms with Crippen LogP contribution in [0.2, 0.25) is 0 Å². The third kappa shape index (κ3) is 2.58. The molecular weight excluding hydrogens is 220 g/mol. The van der Waals surface area contributed by atoms with Crippen LogP contribution >= 0.6 is 0 Å². The summed E-state index contributed by atoms with van der Waals surface area (Å²) in [5.41, 5.74) is 0.0822. The van der Waals surface area contributed by atoms with Gasteiger partial charge in [-0.15, -0.1) is 6.58 Å². The number of hydrogen-bond acceptors (Lipinski definition) is 4. The molecule has 92 valence electrons. The minimum absolute atomic E-state index is 0.124. The van der Waals surface area contributed by atoms with Crippen LogP contribution in [-0.4, -0.2) is 21.1 Å². The molecule has 0 aromatic heterocycles. The van der Waals surface area contributed by atoms with Gasteiger partial charge in [0.2, 0.25) is 0 Å². The van der Waals surface area contributed by atoms with Crippen molar-refractivity contribution in [3.8, 4) is 17.2 Å². The Morgan fingerprint density at radius 2 is 2.00 bits per heavy atom. The summed E-state index contributed by atoms with van der Waals surface area (Å²) in [5, 5.41) is 29.0. The minimum Gasteiger partial charge on any atom is -0.507 e. The number of carbonyl (C=O) groups is 1. The Morgan fingerprint density at radius 1 is 1.35 bits per heavy atom. The predicted molar refractivity (Wildman–Crippen MR) is 64.6 cm³/mol. The summed E-state index contributed by atoms with van der Waals surface area (Å²) in [7, 11) is 0. The highest BCUT2D eigenvalue weighted by atomic mass is 16.3. The summed E-state index contributed by atoms with van der Waals surface area (Å²) in [6.45, 7) is 5.33. The predicted octanol–water partition coefficient (Wildman–Crippen LogP) is 2.51. The maximum atomic E-state index is 11.7. The molecule has 0 spiro atoms. The SMILES string of the molecule is C=CCc1c(O)cc(O)c(C(=O)CCC)c1O. The van der Waals surface area contributed by atoms with E-state index in [9.17, 15) is 20.1 Å². The summed E-state index contributed by atoms with van der Waals surface area (Å²) in [6.07, 6.45) is 2.58. The van der Waals surface area contributed by atoms with Crippen LogP contribution in [0, 0.1) is 0 Å². The van der Waals surface area contributed by atoms with Crippen LogP contribution in [0.4, 0.5) is 0 Å². The molecule has 0 saturated heterocycles. The van der Waals surface area contributed by atoms with E-state index in [0.717, 1.165) is 6.07 Å². The van der Waals surface area contributed by atoms with E-state index in [4.69, 9.17) is 0 Å². The smallest absolute Gasteiger partial charge is 0.170 e. The first-order valence-electron chi connectivity index (χ1n) is 5.43. The van der Waals surface area contributed by atoms with Crippen molar-refractivity contribution in [1.82, 2.24) is 0 Å². The van der Waals surface area contributed by atoms with Crippen molar-refractivity contribution in [1.29, 1.82) is 0 Å². The lowest BCUT2D eigenvalue weighted by atomic mass is 9.98. The van der Waals surface area contributed by atoms with E-state index < -0.39 is 5.75 Å². The standard InChI is InChI=1S/C13H16O4/c1-3-5-8-10(15)7-11(16)12(13(8)17)9(14)6-4-2/h3,7,15-17H,1,4-6H2,2H3. The van der Waals surface area contributed by atoms with Crippen LogP contribution in [0.1, 0.15) is 35.7 Å². The second kappa shape index (κ2) is 5.39. The first kappa shape index (κ1) is 13.1. The average molecular weight is 236 g/mol. The Hall–Kier alpha value is -1.97. The van der Waals surface area contributed by atoms with Gasteiger partial charge in [-0.2, -0.15) is 0 Å². The van der Waals surface area contributed by atoms with Gasteiger partial charge in [0.25, 0.3) is 0 Å². The Bertz CT molecular complexity index is 449. The molecule has 1 aromatic rings. The fourth-order valence-corrected chi connectivity index (χ4v) is 1.65. The fourth-order valence-electron chi connectivity index (χ4n) is 1.65. The van der Waals surface area contributed by atoms with Crippen molar-refractivity contribution < 1.29 is 20.1 Å². The second-order valence-electron chi connectivity index (χ2n) is 3.78. The third-order valence-electron chi connectivity index (χ3n) is 2.47. The third-order valence-corrected chi connectivity index (χ3v) is 2.47. The lowest BCUT2D eigenvalue weighted by molar-refractivity contribution is 0.0976. The molecule has 0 saturated carbocycles. The van der Waals surface area contributed by atoms with Crippen LogP contribution in [0.15, 0.2) is 18.7 Å². The summed E-state index contributed by atoms with van der Waals surface area (Å²) < 4.78 is 0. The number of benzene rings is 1. The molecule has 0 radical (unpaired) electrons. The van der Waals surface area contributed by atoms with Crippen molar-refractivity contribution in [3.05, 3.63) is 29.8 Å². The van der Waals surface area contributed by atoms with Crippen LogP contribution in [-0.2, 0) is 6.42 Å². The van der Waals surface area contributed by atoms with Gasteiger partial charge in [0.1, 0.15) is 22.8 Å². The molecule has 0 aliphatic heterocycles. The van der Waals surface area contributed by atoms with Crippen molar-refractivity contribution in [2.75, 3.05) is 0 Å². The molecule has 4 nitrogen and oxygen atoms in total. The molecule has 3 N–H and O–H groups in total. The largest absolute Gasteiger partial charge is 0.507 e. The number of ketones is 1. The number of rotatable bonds is 5. The zero-order valence-corrected chi connectivity index (χ0v) is 9.73. The Morgan fingerprint density at radius 3 is 2.53 bits per heavy atom. The van der Waals surface area contributed by atoms with E-state index in [1.165, 1.54) is 6.08 Å². The summed E-state index contributed by atoms with van der Waals surface area (Å²) in [4.78, 5) is 11.7. The van der Waals surface area contributed by atoms with Crippen molar-refractivity contribution in [2.24, 2.45) is 0 Å². The maximum Gasteiger partial charge on any atom is 0.170 e. The van der Waals surface area contributed by atoms with Crippen molar-refractivity contribution in [3.63, 3.8) is 0 Å². The van der Waals surface area contributed by atoms with E-state index in [-0.39, 0.29) is 41.3 Å². The van der Waals surface area contributed by atoms with E-state index in [2.05, 4.69) is 6.58 Å². The molecule has 0 fully saturated rings. The van der Waals surface area contributed by atoms with Crippen LogP contribution in [0.5, 0.6) is 17.2 Å². The molecule has 0 unspecified atom stereocenters. The zero-order chi connectivity index (χ0) is 13.0. The Kier molecular flexibility index (Phi) is 4.15. The highest BCUT2D eigenvalue weighted by molar-refractivity contribution is 6.01. The highest BCUT2D eigenvalue weighted by Crippen LogP contribution is 2.38. The molecule has 1 aromatic carbocycles. The first-order valence-corrected chi connectivity index (χ1v) is 5.43. The van der Waals surface area contributed by atoms with E-state index >= 15 is 0 Å². The number of aromatic hydroxyl groups is 3. The summed E-state index contributed by atoms with van der Waals surface area (Å²) in [6, 6.07) is 1.07. The van der Waals surface area contributed by atoms with Crippen molar-refractivity contribution in [2.45, 2.75) is 26.2 Å². The summed E-state index contributed by atoms with van der Waals surface area (Å²) in [5.74, 6) is -1.34. The average Bonchev–Trinajstić information content (AvgIpc) is 2.24. The van der Waals surface area contributed by atoms with Crippen LogP contribution in [0.3, 0.4) is 0 Å². The normalized spacial score (nSPS) is 10.2. The number of carbonyl (C=O) groups excluding carboxylic acids is 1. The topological polar surface area (TPSA) is 77.8 Å². The molecular formula is C13H16O4. The Labute approximate surface area is 99.8 Å². The van der Waals surface area contributed by atoms with Gasteiger partial charge in [0, 0.05) is 18.1 Å². The van der Waals surface area contributed by atoms with Crippen LogP contribution < -0.4 is 0 Å². The Balaban J connectivity index is 3.34. The molecule has 0 amide bonds. The van der Waals surface area contributed by atoms with Crippen LogP contribution in [0.25, 0.3) is 0 Å². The monoisotopic (exact) mass is 236 g/mol. The fraction of sp³-hybridized carbons (Fsp3) is 0.308. The molecule has 0 bridgehead atoms. The van der Waals surface area contributed by atoms with Crippen molar-refractivity contribution >= 4 is 5.78 Å². The van der Waals surface area contributed by atoms with Gasteiger partial charge >= 0.3 is 0 Å². The first-order chi connectivity index (χ1) is 8.02. The zero-order valence-electron chi connectivity index (χ0n) is 9.73.